The Bertz CT molecular complexity index is 699. The zero-order valence-electron chi connectivity index (χ0n) is 17.6. The zero-order valence-corrected chi connectivity index (χ0v) is 17.6. The van der Waals surface area contributed by atoms with Gasteiger partial charge in [-0.3, -0.25) is 4.79 Å². The van der Waals surface area contributed by atoms with Crippen LogP contribution in [-0.2, 0) is 4.79 Å². The van der Waals surface area contributed by atoms with Gasteiger partial charge in [-0.25, -0.2) is 4.79 Å². The number of nitrogens with zero attached hydrogens (tertiary/aromatic N) is 2. The lowest BCUT2D eigenvalue weighted by Crippen LogP contribution is -2.70. The first-order chi connectivity index (χ1) is 13.3. The number of carbonyl (C=O) groups excluding carboxylic acids is 2. The van der Waals surface area contributed by atoms with Crippen LogP contribution in [-0.4, -0.2) is 65.2 Å². The average Bonchev–Trinajstić information content (AvgIpc) is 2.64. The van der Waals surface area contributed by atoms with Crippen molar-refractivity contribution in [2.24, 2.45) is 0 Å². The third kappa shape index (κ3) is 4.73. The molecule has 0 unspecified atom stereocenters. The fourth-order valence-corrected chi connectivity index (χ4v) is 3.89. The zero-order chi connectivity index (χ0) is 20.8. The monoisotopic (exact) mass is 387 g/mol. The van der Waals surface area contributed by atoms with Gasteiger partial charge in [-0.2, -0.15) is 0 Å². The number of allylic oxidation sites excluding steroid dienone is 1. The lowest BCUT2D eigenvalue weighted by molar-refractivity contribution is -0.131. The Hall–Kier alpha value is -2.34. The number of benzene rings is 1. The van der Waals surface area contributed by atoms with Gasteiger partial charge in [0.2, 0.25) is 5.91 Å². The summed E-state index contributed by atoms with van der Waals surface area (Å²) in [5.74, 6) is 0.0218. The number of likely N-dealkylation sites (tertiary alicyclic amines) is 1. The molecule has 1 aliphatic heterocycles. The number of amides is 3. The number of aliphatic hydroxyl groups is 1. The molecule has 0 aromatic heterocycles. The second-order valence-corrected chi connectivity index (χ2v) is 7.65. The molecule has 0 saturated carbocycles. The lowest BCUT2D eigenvalue weighted by atomic mass is 9.75. The Labute approximate surface area is 168 Å². The van der Waals surface area contributed by atoms with E-state index in [1.165, 1.54) is 0 Å². The lowest BCUT2D eigenvalue weighted by Gasteiger charge is -2.55. The van der Waals surface area contributed by atoms with Crippen LogP contribution in [0.5, 0.6) is 0 Å². The van der Waals surface area contributed by atoms with Gasteiger partial charge in [-0.05, 0) is 31.9 Å². The Morgan fingerprint density at radius 2 is 1.89 bits per heavy atom. The van der Waals surface area contributed by atoms with Gasteiger partial charge in [0.15, 0.2) is 0 Å². The number of likely N-dealkylation sites (N-methyl/N-ethyl adjacent to an activating group) is 1. The van der Waals surface area contributed by atoms with Crippen molar-refractivity contribution in [3.05, 3.63) is 41.5 Å². The molecular weight excluding hydrogens is 354 g/mol. The normalized spacial score (nSPS) is 21.7. The van der Waals surface area contributed by atoms with E-state index in [-0.39, 0.29) is 42.6 Å². The summed E-state index contributed by atoms with van der Waals surface area (Å²) in [4.78, 5) is 28.2. The molecule has 0 aliphatic carbocycles. The van der Waals surface area contributed by atoms with E-state index >= 15 is 0 Å². The number of hydrogen-bond donors (Lipinski definition) is 2. The van der Waals surface area contributed by atoms with Gasteiger partial charge in [0, 0.05) is 32.0 Å². The summed E-state index contributed by atoms with van der Waals surface area (Å²) in [5, 5.41) is 12.9. The maximum absolute atomic E-state index is 12.7. The van der Waals surface area contributed by atoms with Crippen LogP contribution in [0.3, 0.4) is 0 Å². The summed E-state index contributed by atoms with van der Waals surface area (Å²) in [7, 11) is 1.77. The fourth-order valence-electron chi connectivity index (χ4n) is 3.89. The van der Waals surface area contributed by atoms with Crippen molar-refractivity contribution in [1.29, 1.82) is 0 Å². The van der Waals surface area contributed by atoms with Crippen molar-refractivity contribution >= 4 is 18.0 Å². The van der Waals surface area contributed by atoms with Crippen LogP contribution in [0.2, 0.25) is 0 Å². The quantitative estimate of drug-likeness (QED) is 0.756. The highest BCUT2D eigenvalue weighted by molar-refractivity contribution is 5.78. The molecule has 1 aliphatic rings. The summed E-state index contributed by atoms with van der Waals surface area (Å²) in [6, 6.07) is 7.51. The van der Waals surface area contributed by atoms with E-state index in [0.29, 0.717) is 13.0 Å². The first kappa shape index (κ1) is 22.0. The molecule has 6 nitrogen and oxygen atoms in total. The fraction of sp³-hybridized carbons (Fsp3) is 0.545. The molecule has 28 heavy (non-hydrogen) atoms. The van der Waals surface area contributed by atoms with Gasteiger partial charge < -0.3 is 20.2 Å². The molecule has 2 rings (SSSR count). The van der Waals surface area contributed by atoms with E-state index in [0.717, 1.165) is 11.1 Å². The maximum Gasteiger partial charge on any atom is 0.318 e. The molecule has 6 heteroatoms. The predicted molar refractivity (Wildman–Crippen MR) is 112 cm³/mol. The Morgan fingerprint density at radius 1 is 1.25 bits per heavy atom. The number of aliphatic hydroxyl groups excluding tert-OH is 1. The van der Waals surface area contributed by atoms with Crippen LogP contribution < -0.4 is 5.32 Å². The molecule has 1 saturated heterocycles. The van der Waals surface area contributed by atoms with Crippen molar-refractivity contribution in [3.63, 3.8) is 0 Å². The highest BCUT2D eigenvalue weighted by Gasteiger charge is 2.51. The number of hydrogen-bond acceptors (Lipinski definition) is 3. The third-order valence-electron chi connectivity index (χ3n) is 5.25. The summed E-state index contributed by atoms with van der Waals surface area (Å²) in [6.07, 6.45) is 4.44. The van der Waals surface area contributed by atoms with Gasteiger partial charge in [0.05, 0.1) is 18.7 Å². The largest absolute Gasteiger partial charge is 0.394 e. The van der Waals surface area contributed by atoms with E-state index < -0.39 is 0 Å². The molecule has 3 atom stereocenters. The van der Waals surface area contributed by atoms with Crippen molar-refractivity contribution in [2.75, 3.05) is 20.2 Å². The topological polar surface area (TPSA) is 72.9 Å². The minimum atomic E-state index is -0.304. The second kappa shape index (κ2) is 9.73. The van der Waals surface area contributed by atoms with Gasteiger partial charge >= 0.3 is 6.03 Å². The van der Waals surface area contributed by atoms with Crippen molar-refractivity contribution in [3.8, 4) is 0 Å². The second-order valence-electron chi connectivity index (χ2n) is 7.65. The number of nitrogens with one attached hydrogen (secondary N) is 1. The molecule has 0 radical (unpaired) electrons. The first-order valence-electron chi connectivity index (χ1n) is 10.00. The number of urea groups is 1. The molecule has 0 bridgehead atoms. The van der Waals surface area contributed by atoms with E-state index in [1.807, 2.05) is 52.0 Å². The van der Waals surface area contributed by atoms with Crippen molar-refractivity contribution in [1.82, 2.24) is 15.1 Å². The van der Waals surface area contributed by atoms with Crippen LogP contribution in [0.25, 0.3) is 6.08 Å². The van der Waals surface area contributed by atoms with Gasteiger partial charge in [-0.1, -0.05) is 43.3 Å². The van der Waals surface area contributed by atoms with Crippen LogP contribution in [0.15, 0.2) is 30.3 Å². The SMILES string of the molecule is C/C=C/c1ccc([C@H]2[C@@H](CO)N(C(=O)NC(C)C)[C@H]2CN(C)C(=O)CC)cc1. The van der Waals surface area contributed by atoms with E-state index in [2.05, 4.69) is 17.4 Å². The van der Waals surface area contributed by atoms with E-state index in [9.17, 15) is 14.7 Å². The van der Waals surface area contributed by atoms with Gasteiger partial charge in [0.25, 0.3) is 0 Å². The summed E-state index contributed by atoms with van der Waals surface area (Å²) in [5.41, 5.74) is 2.18. The molecule has 154 valence electrons. The molecule has 1 fully saturated rings. The molecular formula is C22H33N3O3. The van der Waals surface area contributed by atoms with Gasteiger partial charge in [-0.15, -0.1) is 0 Å². The average molecular weight is 388 g/mol. The maximum atomic E-state index is 12.7. The Kier molecular flexibility index (Phi) is 7.63. The minimum Gasteiger partial charge on any atom is -0.394 e. The van der Waals surface area contributed by atoms with E-state index in [1.54, 1.807) is 16.8 Å². The summed E-state index contributed by atoms with van der Waals surface area (Å²) < 4.78 is 0. The Balaban J connectivity index is 2.31. The van der Waals surface area contributed by atoms with Crippen LogP contribution >= 0.6 is 0 Å². The smallest absolute Gasteiger partial charge is 0.318 e. The standard InChI is InChI=1S/C22H33N3O3/c1-6-8-16-9-11-17(12-10-16)21-18(13-24(5)20(27)7-2)25(19(21)14-26)22(28)23-15(3)4/h6,8-12,15,18-19,21,26H,7,13-14H2,1-5H3,(H,23,28)/b8-6+/t18-,19+,21+/m0/s1. The molecule has 3 amide bonds. The highest BCUT2D eigenvalue weighted by atomic mass is 16.3. The number of rotatable bonds is 7. The summed E-state index contributed by atoms with van der Waals surface area (Å²) in [6.45, 7) is 7.95. The van der Waals surface area contributed by atoms with Crippen molar-refractivity contribution in [2.45, 2.75) is 58.2 Å². The summed E-state index contributed by atoms with van der Waals surface area (Å²) >= 11 is 0. The Morgan fingerprint density at radius 3 is 2.39 bits per heavy atom. The van der Waals surface area contributed by atoms with Gasteiger partial charge in [0.1, 0.15) is 0 Å². The molecule has 2 N–H and O–H groups in total. The third-order valence-corrected chi connectivity index (χ3v) is 5.25. The first-order valence-corrected chi connectivity index (χ1v) is 10.00. The van der Waals surface area contributed by atoms with Crippen LogP contribution in [0, 0.1) is 0 Å². The molecule has 0 spiro atoms. The van der Waals surface area contributed by atoms with E-state index in [4.69, 9.17) is 0 Å². The van der Waals surface area contributed by atoms with Crippen LogP contribution in [0.1, 0.15) is 51.2 Å². The van der Waals surface area contributed by atoms with Crippen molar-refractivity contribution < 1.29 is 14.7 Å². The minimum absolute atomic E-state index is 0.00154. The predicted octanol–water partition coefficient (Wildman–Crippen LogP) is 2.83. The molecule has 1 aromatic rings. The molecule has 1 heterocycles. The number of carbonyl (C=O) groups is 2. The van der Waals surface area contributed by atoms with Crippen LogP contribution in [0.4, 0.5) is 4.79 Å². The highest BCUT2D eigenvalue weighted by Crippen LogP contribution is 2.41. The molecule has 1 aromatic carbocycles.